The van der Waals surface area contributed by atoms with E-state index >= 15 is 0 Å². The lowest BCUT2D eigenvalue weighted by atomic mass is 10.2. The van der Waals surface area contributed by atoms with Gasteiger partial charge in [-0.3, -0.25) is 4.79 Å². The van der Waals surface area contributed by atoms with Gasteiger partial charge in [0.05, 0.1) is 12.7 Å². The highest BCUT2D eigenvalue weighted by molar-refractivity contribution is 9.10. The first-order chi connectivity index (χ1) is 11.1. The summed E-state index contributed by atoms with van der Waals surface area (Å²) in [7, 11) is 1.32. The van der Waals surface area contributed by atoms with Gasteiger partial charge in [0.2, 0.25) is 0 Å². The molecule has 0 aliphatic rings. The molecule has 2 aromatic carbocycles. The molecule has 1 N–H and O–H groups in total. The van der Waals surface area contributed by atoms with Crippen LogP contribution in [-0.2, 0) is 4.74 Å². The lowest BCUT2D eigenvalue weighted by Gasteiger charge is -2.04. The summed E-state index contributed by atoms with van der Waals surface area (Å²) in [5, 5.41) is 3.56. The number of amides is 1. The molecule has 6 heteroatoms. The zero-order valence-corrected chi connectivity index (χ0v) is 13.7. The molecule has 5 nitrogen and oxygen atoms in total. The van der Waals surface area contributed by atoms with Crippen LogP contribution < -0.4 is 5.32 Å². The highest BCUT2D eigenvalue weighted by Crippen LogP contribution is 2.24. The Balaban J connectivity index is 1.78. The van der Waals surface area contributed by atoms with Gasteiger partial charge in [0.15, 0.2) is 5.76 Å². The highest BCUT2D eigenvalue weighted by Gasteiger charge is 2.13. The number of rotatable bonds is 3. The molecule has 3 aromatic rings. The average Bonchev–Trinajstić information content (AvgIpc) is 2.98. The van der Waals surface area contributed by atoms with Crippen LogP contribution in [0, 0.1) is 0 Å². The van der Waals surface area contributed by atoms with Crippen LogP contribution in [0.1, 0.15) is 20.9 Å². The zero-order valence-electron chi connectivity index (χ0n) is 12.1. The van der Waals surface area contributed by atoms with Gasteiger partial charge in [0.25, 0.3) is 5.91 Å². The first kappa shape index (κ1) is 15.3. The third-order valence-electron chi connectivity index (χ3n) is 3.27. The van der Waals surface area contributed by atoms with Crippen molar-refractivity contribution in [3.05, 3.63) is 64.3 Å². The normalized spacial score (nSPS) is 10.5. The Morgan fingerprint density at radius 1 is 1.09 bits per heavy atom. The van der Waals surface area contributed by atoms with Crippen LogP contribution >= 0.6 is 15.9 Å². The number of hydrogen-bond donors (Lipinski definition) is 1. The van der Waals surface area contributed by atoms with E-state index < -0.39 is 5.97 Å². The Labute approximate surface area is 140 Å². The number of fused-ring (bicyclic) bond motifs is 1. The smallest absolute Gasteiger partial charge is 0.337 e. The molecule has 116 valence electrons. The summed E-state index contributed by atoms with van der Waals surface area (Å²) in [4.78, 5) is 23.6. The Morgan fingerprint density at radius 3 is 2.52 bits per heavy atom. The zero-order chi connectivity index (χ0) is 16.4. The second-order valence-electron chi connectivity index (χ2n) is 4.82. The molecule has 0 bridgehead atoms. The van der Waals surface area contributed by atoms with Gasteiger partial charge in [-0.2, -0.15) is 0 Å². The SMILES string of the molecule is COC(=O)c1ccc(NC(=O)c2cc3cc(Br)ccc3o2)cc1. The van der Waals surface area contributed by atoms with Gasteiger partial charge in [-0.05, 0) is 48.5 Å². The molecule has 0 fully saturated rings. The van der Waals surface area contributed by atoms with Gasteiger partial charge < -0.3 is 14.5 Å². The van der Waals surface area contributed by atoms with Crippen LogP contribution in [0.25, 0.3) is 11.0 Å². The topological polar surface area (TPSA) is 68.5 Å². The quantitative estimate of drug-likeness (QED) is 0.697. The largest absolute Gasteiger partial charge is 0.465 e. The molecule has 0 saturated carbocycles. The number of carbonyl (C=O) groups is 2. The summed E-state index contributed by atoms with van der Waals surface area (Å²) in [5.41, 5.74) is 1.61. The molecular weight excluding hydrogens is 362 g/mol. The first-order valence-electron chi connectivity index (χ1n) is 6.75. The van der Waals surface area contributed by atoms with E-state index in [1.165, 1.54) is 7.11 Å². The third kappa shape index (κ3) is 3.27. The van der Waals surface area contributed by atoms with Crippen molar-refractivity contribution in [2.45, 2.75) is 0 Å². The van der Waals surface area contributed by atoms with Crippen molar-refractivity contribution in [3.8, 4) is 0 Å². The fourth-order valence-electron chi connectivity index (χ4n) is 2.13. The Bertz CT molecular complexity index is 883. The van der Waals surface area contributed by atoms with Crippen LogP contribution in [0.15, 0.2) is 57.4 Å². The number of methoxy groups -OCH3 is 1. The lowest BCUT2D eigenvalue weighted by Crippen LogP contribution is -2.11. The summed E-state index contributed by atoms with van der Waals surface area (Å²) < 4.78 is 11.1. The van der Waals surface area contributed by atoms with Crippen LogP contribution in [0.5, 0.6) is 0 Å². The molecule has 0 saturated heterocycles. The summed E-state index contributed by atoms with van der Waals surface area (Å²) >= 11 is 3.38. The number of esters is 1. The van der Waals surface area contributed by atoms with E-state index in [2.05, 4.69) is 26.0 Å². The van der Waals surface area contributed by atoms with Crippen molar-refractivity contribution < 1.29 is 18.7 Å². The standard InChI is InChI=1S/C17H12BrNO4/c1-22-17(21)10-2-5-13(6-3-10)19-16(20)15-9-11-8-12(18)4-7-14(11)23-15/h2-9H,1H3,(H,19,20). The molecule has 0 spiro atoms. The number of anilines is 1. The first-order valence-corrected chi connectivity index (χ1v) is 7.55. The van der Waals surface area contributed by atoms with Crippen LogP contribution in [0.3, 0.4) is 0 Å². The van der Waals surface area contributed by atoms with E-state index in [1.807, 2.05) is 12.1 Å². The van der Waals surface area contributed by atoms with E-state index in [1.54, 1.807) is 36.4 Å². The van der Waals surface area contributed by atoms with Gasteiger partial charge in [0, 0.05) is 15.5 Å². The van der Waals surface area contributed by atoms with E-state index in [0.717, 1.165) is 9.86 Å². The van der Waals surface area contributed by atoms with Gasteiger partial charge in [-0.15, -0.1) is 0 Å². The molecular formula is C17H12BrNO4. The number of ether oxygens (including phenoxy) is 1. The summed E-state index contributed by atoms with van der Waals surface area (Å²) in [5.74, 6) is -0.566. The number of nitrogens with one attached hydrogen (secondary N) is 1. The third-order valence-corrected chi connectivity index (χ3v) is 3.76. The van der Waals surface area contributed by atoms with Crippen molar-refractivity contribution in [2.24, 2.45) is 0 Å². The van der Waals surface area contributed by atoms with Crippen molar-refractivity contribution in [1.29, 1.82) is 0 Å². The second-order valence-corrected chi connectivity index (χ2v) is 5.73. The van der Waals surface area contributed by atoms with E-state index in [9.17, 15) is 9.59 Å². The van der Waals surface area contributed by atoms with Crippen LogP contribution in [-0.4, -0.2) is 19.0 Å². The van der Waals surface area contributed by atoms with Gasteiger partial charge in [0.1, 0.15) is 5.58 Å². The number of carbonyl (C=O) groups excluding carboxylic acids is 2. The number of hydrogen-bond acceptors (Lipinski definition) is 4. The summed E-state index contributed by atoms with van der Waals surface area (Å²) in [6, 6.07) is 13.6. The van der Waals surface area contributed by atoms with Crippen molar-refractivity contribution in [2.75, 3.05) is 12.4 Å². The maximum Gasteiger partial charge on any atom is 0.337 e. The predicted octanol–water partition coefficient (Wildman–Crippen LogP) is 4.23. The minimum atomic E-state index is -0.425. The van der Waals surface area contributed by atoms with E-state index in [0.29, 0.717) is 16.8 Å². The lowest BCUT2D eigenvalue weighted by molar-refractivity contribution is 0.0600. The van der Waals surface area contributed by atoms with Gasteiger partial charge in [-0.1, -0.05) is 15.9 Å². The second kappa shape index (κ2) is 6.26. The molecule has 0 aliphatic heterocycles. The molecule has 0 aliphatic carbocycles. The van der Waals surface area contributed by atoms with Gasteiger partial charge in [-0.25, -0.2) is 4.79 Å². The maximum absolute atomic E-state index is 12.2. The molecule has 0 atom stereocenters. The van der Waals surface area contributed by atoms with Crippen LogP contribution in [0.2, 0.25) is 0 Å². The predicted molar refractivity (Wildman–Crippen MR) is 89.6 cm³/mol. The molecule has 3 rings (SSSR count). The Hall–Kier alpha value is -2.60. The fraction of sp³-hybridized carbons (Fsp3) is 0.0588. The number of furan rings is 1. The molecule has 0 unspecified atom stereocenters. The summed E-state index contributed by atoms with van der Waals surface area (Å²) in [6.45, 7) is 0. The minimum Gasteiger partial charge on any atom is -0.465 e. The number of benzene rings is 2. The molecule has 23 heavy (non-hydrogen) atoms. The van der Waals surface area contributed by atoms with Crippen molar-refractivity contribution in [3.63, 3.8) is 0 Å². The molecule has 1 heterocycles. The monoisotopic (exact) mass is 373 g/mol. The number of halogens is 1. The van der Waals surface area contributed by atoms with E-state index in [4.69, 9.17) is 4.42 Å². The van der Waals surface area contributed by atoms with Crippen LogP contribution in [0.4, 0.5) is 5.69 Å². The minimum absolute atomic E-state index is 0.218. The Morgan fingerprint density at radius 2 is 1.83 bits per heavy atom. The van der Waals surface area contributed by atoms with Crippen molar-refractivity contribution >= 4 is 44.5 Å². The maximum atomic E-state index is 12.2. The van der Waals surface area contributed by atoms with Crippen molar-refractivity contribution in [1.82, 2.24) is 0 Å². The molecule has 1 amide bonds. The van der Waals surface area contributed by atoms with Gasteiger partial charge >= 0.3 is 5.97 Å². The average molecular weight is 374 g/mol. The highest BCUT2D eigenvalue weighted by atomic mass is 79.9. The molecule has 0 radical (unpaired) electrons. The Kier molecular flexibility index (Phi) is 4.16. The fourth-order valence-corrected chi connectivity index (χ4v) is 2.51. The molecule has 1 aromatic heterocycles. The van der Waals surface area contributed by atoms with E-state index in [-0.39, 0.29) is 11.7 Å². The summed E-state index contributed by atoms with van der Waals surface area (Å²) in [6.07, 6.45) is 0.